The zero-order valence-corrected chi connectivity index (χ0v) is 18.9. The van der Waals surface area contributed by atoms with Crippen LogP contribution in [-0.2, 0) is 11.4 Å². The Kier molecular flexibility index (Phi) is 7.06. The summed E-state index contributed by atoms with van der Waals surface area (Å²) in [6.07, 6.45) is 0.00668. The summed E-state index contributed by atoms with van der Waals surface area (Å²) in [5, 5.41) is 7.04. The van der Waals surface area contributed by atoms with Gasteiger partial charge in [-0.05, 0) is 42.8 Å². The predicted octanol–water partition coefficient (Wildman–Crippen LogP) is 5.51. The summed E-state index contributed by atoms with van der Waals surface area (Å²) in [6.45, 7) is 2.01. The fourth-order valence-electron chi connectivity index (χ4n) is 3.81. The minimum absolute atomic E-state index is 0.0619. The molecule has 0 spiro atoms. The number of para-hydroxylation sites is 1. The van der Waals surface area contributed by atoms with Gasteiger partial charge >= 0.3 is 6.03 Å². The van der Waals surface area contributed by atoms with Crippen molar-refractivity contribution in [3.63, 3.8) is 0 Å². The summed E-state index contributed by atoms with van der Waals surface area (Å²) >= 11 is 0. The molecule has 1 aliphatic rings. The number of nitrogens with zero attached hydrogens (tertiary/aromatic N) is 2. The number of carbonyl (C=O) groups excluding carboxylic acids is 1. The van der Waals surface area contributed by atoms with Crippen LogP contribution in [0.1, 0.15) is 23.1 Å². The standard InChI is InChI=1S/C26H25F2N3O3/c1-17-6-5-7-20(12-17)29-26(32)31(15-18-10-11-19(27)13-23(18)28)16-21-14-24(30-34-21)22-8-3-4-9-25(22)33-2/h3-13,21H,14-16H2,1-2H3,(H,29,32). The lowest BCUT2D eigenvalue weighted by Crippen LogP contribution is -2.40. The molecule has 3 aromatic carbocycles. The number of urea groups is 1. The molecule has 2 amide bonds. The van der Waals surface area contributed by atoms with Crippen LogP contribution in [0.15, 0.2) is 71.9 Å². The van der Waals surface area contributed by atoms with E-state index in [1.165, 1.54) is 17.0 Å². The minimum Gasteiger partial charge on any atom is -0.496 e. The molecule has 1 N–H and O–H groups in total. The van der Waals surface area contributed by atoms with Crippen molar-refractivity contribution in [1.82, 2.24) is 4.90 Å². The third kappa shape index (κ3) is 5.51. The SMILES string of the molecule is COc1ccccc1C1=NOC(CN(Cc2ccc(F)cc2F)C(=O)Nc2cccc(C)c2)C1. The van der Waals surface area contributed by atoms with Crippen molar-refractivity contribution < 1.29 is 23.1 Å². The number of hydrogen-bond acceptors (Lipinski definition) is 4. The number of amides is 2. The summed E-state index contributed by atoms with van der Waals surface area (Å²) in [6, 6.07) is 17.7. The van der Waals surface area contributed by atoms with Crippen molar-refractivity contribution in [2.75, 3.05) is 19.0 Å². The average molecular weight is 466 g/mol. The average Bonchev–Trinajstić information content (AvgIpc) is 3.28. The lowest BCUT2D eigenvalue weighted by atomic mass is 10.0. The fourth-order valence-corrected chi connectivity index (χ4v) is 3.81. The Morgan fingerprint density at radius 2 is 1.97 bits per heavy atom. The highest BCUT2D eigenvalue weighted by Gasteiger charge is 2.28. The molecule has 34 heavy (non-hydrogen) atoms. The number of benzene rings is 3. The molecule has 0 aliphatic carbocycles. The quantitative estimate of drug-likeness (QED) is 0.501. The number of hydrogen-bond donors (Lipinski definition) is 1. The molecule has 0 fully saturated rings. The third-order valence-electron chi connectivity index (χ3n) is 5.51. The number of aryl methyl sites for hydroxylation is 1. The number of carbonyl (C=O) groups is 1. The Labute approximate surface area is 196 Å². The van der Waals surface area contributed by atoms with Gasteiger partial charge in [-0.15, -0.1) is 0 Å². The normalized spacial score (nSPS) is 14.8. The smallest absolute Gasteiger partial charge is 0.322 e. The van der Waals surface area contributed by atoms with Crippen LogP contribution < -0.4 is 10.1 Å². The number of anilines is 1. The maximum absolute atomic E-state index is 14.4. The van der Waals surface area contributed by atoms with Crippen LogP contribution >= 0.6 is 0 Å². The molecule has 1 heterocycles. The zero-order chi connectivity index (χ0) is 24.1. The van der Waals surface area contributed by atoms with E-state index in [9.17, 15) is 13.6 Å². The van der Waals surface area contributed by atoms with Gasteiger partial charge in [0.15, 0.2) is 6.10 Å². The minimum atomic E-state index is -0.716. The largest absolute Gasteiger partial charge is 0.496 e. The highest BCUT2D eigenvalue weighted by Crippen LogP contribution is 2.25. The lowest BCUT2D eigenvalue weighted by molar-refractivity contribution is 0.0606. The van der Waals surface area contributed by atoms with Gasteiger partial charge in [0.2, 0.25) is 0 Å². The Morgan fingerprint density at radius 1 is 1.15 bits per heavy atom. The zero-order valence-electron chi connectivity index (χ0n) is 18.9. The van der Waals surface area contributed by atoms with Gasteiger partial charge in [-0.2, -0.15) is 0 Å². The van der Waals surface area contributed by atoms with Gasteiger partial charge in [-0.1, -0.05) is 35.5 Å². The Hall–Kier alpha value is -3.94. The molecule has 0 saturated carbocycles. The van der Waals surface area contributed by atoms with Gasteiger partial charge in [-0.3, -0.25) is 0 Å². The predicted molar refractivity (Wildman–Crippen MR) is 126 cm³/mol. The van der Waals surface area contributed by atoms with Crippen LogP contribution in [0.2, 0.25) is 0 Å². The molecule has 176 valence electrons. The van der Waals surface area contributed by atoms with E-state index in [1.54, 1.807) is 13.2 Å². The molecular weight excluding hydrogens is 440 g/mol. The van der Waals surface area contributed by atoms with E-state index in [-0.39, 0.29) is 18.7 Å². The number of halogens is 2. The molecule has 1 atom stereocenters. The van der Waals surface area contributed by atoms with Crippen molar-refractivity contribution in [3.05, 3.63) is 95.1 Å². The van der Waals surface area contributed by atoms with Crippen LogP contribution in [0.5, 0.6) is 5.75 Å². The van der Waals surface area contributed by atoms with E-state index >= 15 is 0 Å². The van der Waals surface area contributed by atoms with Gasteiger partial charge in [0.25, 0.3) is 0 Å². The van der Waals surface area contributed by atoms with Crippen molar-refractivity contribution >= 4 is 17.4 Å². The summed E-state index contributed by atoms with van der Waals surface area (Å²) in [7, 11) is 1.58. The summed E-state index contributed by atoms with van der Waals surface area (Å²) in [5.41, 5.74) is 3.32. The van der Waals surface area contributed by atoms with Crippen molar-refractivity contribution in [1.29, 1.82) is 0 Å². The molecule has 6 nitrogen and oxygen atoms in total. The highest BCUT2D eigenvalue weighted by atomic mass is 19.1. The van der Waals surface area contributed by atoms with E-state index in [1.807, 2.05) is 49.4 Å². The van der Waals surface area contributed by atoms with Crippen LogP contribution in [0, 0.1) is 18.6 Å². The first-order valence-electron chi connectivity index (χ1n) is 10.9. The lowest BCUT2D eigenvalue weighted by Gasteiger charge is -2.25. The molecular formula is C26H25F2N3O3. The van der Waals surface area contributed by atoms with E-state index in [4.69, 9.17) is 9.57 Å². The second kappa shape index (κ2) is 10.3. The molecule has 0 radical (unpaired) electrons. The molecule has 1 aliphatic heterocycles. The van der Waals surface area contributed by atoms with Gasteiger partial charge in [-0.25, -0.2) is 13.6 Å². The number of oxime groups is 1. The highest BCUT2D eigenvalue weighted by molar-refractivity contribution is 6.03. The fraction of sp³-hybridized carbons (Fsp3) is 0.231. The first kappa shape index (κ1) is 23.2. The second-order valence-corrected chi connectivity index (χ2v) is 8.09. The summed E-state index contributed by atoms with van der Waals surface area (Å²) < 4.78 is 33.2. The van der Waals surface area contributed by atoms with Gasteiger partial charge < -0.3 is 19.8 Å². The maximum atomic E-state index is 14.4. The van der Waals surface area contributed by atoms with Crippen molar-refractivity contribution in [2.24, 2.45) is 5.16 Å². The monoisotopic (exact) mass is 465 g/mol. The molecule has 0 saturated heterocycles. The van der Waals surface area contributed by atoms with Crippen molar-refractivity contribution in [2.45, 2.75) is 26.0 Å². The maximum Gasteiger partial charge on any atom is 0.322 e. The van der Waals surface area contributed by atoms with Crippen molar-refractivity contribution in [3.8, 4) is 5.75 Å². The van der Waals surface area contributed by atoms with Crippen LogP contribution in [0.25, 0.3) is 0 Å². The van der Waals surface area contributed by atoms with E-state index in [0.717, 1.165) is 17.2 Å². The van der Waals surface area contributed by atoms with E-state index in [0.29, 0.717) is 23.6 Å². The first-order chi connectivity index (χ1) is 16.4. The van der Waals surface area contributed by atoms with Gasteiger partial charge in [0, 0.05) is 29.3 Å². The van der Waals surface area contributed by atoms with Crippen LogP contribution in [0.4, 0.5) is 19.3 Å². The first-order valence-corrected chi connectivity index (χ1v) is 10.9. The molecule has 3 aromatic rings. The number of methoxy groups -OCH3 is 1. The molecule has 0 aromatic heterocycles. The molecule has 0 bridgehead atoms. The Morgan fingerprint density at radius 3 is 2.74 bits per heavy atom. The summed E-state index contributed by atoms with van der Waals surface area (Å²) in [5.74, 6) is -0.717. The number of ether oxygens (including phenoxy) is 1. The second-order valence-electron chi connectivity index (χ2n) is 8.09. The molecule has 4 rings (SSSR count). The summed E-state index contributed by atoms with van der Waals surface area (Å²) in [4.78, 5) is 20.2. The van der Waals surface area contributed by atoms with Gasteiger partial charge in [0.05, 0.1) is 25.9 Å². The van der Waals surface area contributed by atoms with E-state index in [2.05, 4.69) is 10.5 Å². The third-order valence-corrected chi connectivity index (χ3v) is 5.51. The van der Waals surface area contributed by atoms with E-state index < -0.39 is 23.8 Å². The van der Waals surface area contributed by atoms with Gasteiger partial charge in [0.1, 0.15) is 17.4 Å². The van der Waals surface area contributed by atoms with Crippen LogP contribution in [0.3, 0.4) is 0 Å². The Bertz CT molecular complexity index is 1220. The number of rotatable bonds is 7. The molecule has 1 unspecified atom stereocenters. The Balaban J connectivity index is 1.51. The molecule has 8 heteroatoms. The number of nitrogens with one attached hydrogen (secondary N) is 1. The van der Waals surface area contributed by atoms with Crippen LogP contribution in [-0.4, -0.2) is 36.4 Å². The topological polar surface area (TPSA) is 63.2 Å².